The molecular formula is C28H30N2O8. The van der Waals surface area contributed by atoms with Gasteiger partial charge in [-0.15, -0.1) is 0 Å². The quantitative estimate of drug-likeness (QED) is 0.440. The zero-order valence-corrected chi connectivity index (χ0v) is 20.7. The van der Waals surface area contributed by atoms with E-state index in [-0.39, 0.29) is 44.6 Å². The molecule has 2 aromatic carbocycles. The molecule has 2 bridgehead atoms. The Hall–Kier alpha value is -3.28. The number of allylic oxidation sites excluding steroid dienone is 1. The van der Waals surface area contributed by atoms with Crippen LogP contribution < -0.4 is 5.32 Å². The van der Waals surface area contributed by atoms with Crippen molar-refractivity contribution in [3.05, 3.63) is 71.3 Å². The Morgan fingerprint density at radius 3 is 2.84 bits per heavy atom. The highest BCUT2D eigenvalue weighted by molar-refractivity contribution is 5.93. The van der Waals surface area contributed by atoms with E-state index in [2.05, 4.69) is 5.32 Å². The van der Waals surface area contributed by atoms with Crippen molar-refractivity contribution >= 4 is 18.0 Å². The van der Waals surface area contributed by atoms with Crippen molar-refractivity contribution in [1.29, 1.82) is 0 Å². The van der Waals surface area contributed by atoms with Crippen molar-refractivity contribution in [2.24, 2.45) is 5.41 Å². The number of amides is 1. The summed E-state index contributed by atoms with van der Waals surface area (Å²) in [7, 11) is 0. The van der Waals surface area contributed by atoms with Gasteiger partial charge in [-0.3, -0.25) is 14.4 Å². The van der Waals surface area contributed by atoms with Crippen LogP contribution in [0.1, 0.15) is 23.1 Å². The molecule has 0 unspecified atom stereocenters. The molecule has 0 aromatic heterocycles. The maximum atomic E-state index is 13.5. The number of aromatic hydroxyl groups is 1. The smallest absolute Gasteiger partial charge is 0.327 e. The highest BCUT2D eigenvalue weighted by Crippen LogP contribution is 2.55. The van der Waals surface area contributed by atoms with Crippen LogP contribution >= 0.6 is 0 Å². The lowest BCUT2D eigenvalue weighted by Crippen LogP contribution is -2.69. The number of aliphatic hydroxyl groups is 1. The van der Waals surface area contributed by atoms with Crippen molar-refractivity contribution in [1.82, 2.24) is 10.4 Å². The van der Waals surface area contributed by atoms with E-state index in [4.69, 9.17) is 19.0 Å². The largest absolute Gasteiger partial charge is 0.508 e. The Kier molecular flexibility index (Phi) is 6.67. The molecule has 0 spiro atoms. The van der Waals surface area contributed by atoms with E-state index in [1.54, 1.807) is 12.1 Å². The van der Waals surface area contributed by atoms with Gasteiger partial charge in [-0.2, -0.15) is 5.06 Å². The van der Waals surface area contributed by atoms with E-state index in [1.807, 2.05) is 48.6 Å². The fraction of sp³-hybridized carbons (Fsp3) is 0.429. The molecule has 2 aromatic rings. The van der Waals surface area contributed by atoms with Crippen LogP contribution in [0.2, 0.25) is 0 Å². The minimum Gasteiger partial charge on any atom is -0.508 e. The van der Waals surface area contributed by atoms with Crippen LogP contribution in [0, 0.1) is 5.41 Å². The number of hydroxylamine groups is 2. The fourth-order valence-corrected chi connectivity index (χ4v) is 6.15. The van der Waals surface area contributed by atoms with Gasteiger partial charge in [0.05, 0.1) is 13.2 Å². The first kappa shape index (κ1) is 25.0. The fourth-order valence-electron chi connectivity index (χ4n) is 6.15. The average molecular weight is 523 g/mol. The molecule has 1 amide bonds. The minimum absolute atomic E-state index is 0.0391. The van der Waals surface area contributed by atoms with Gasteiger partial charge < -0.3 is 29.7 Å². The van der Waals surface area contributed by atoms with Crippen LogP contribution in [-0.4, -0.2) is 77.6 Å². The van der Waals surface area contributed by atoms with Gasteiger partial charge in [0.1, 0.15) is 42.4 Å². The Morgan fingerprint density at radius 1 is 1.16 bits per heavy atom. The molecule has 200 valence electrons. The number of hydrogen-bond donors (Lipinski definition) is 3. The number of nitrogens with one attached hydrogen (secondary N) is 1. The van der Waals surface area contributed by atoms with E-state index >= 15 is 0 Å². The zero-order chi connectivity index (χ0) is 26.3. The van der Waals surface area contributed by atoms with Gasteiger partial charge in [0.25, 0.3) is 0 Å². The van der Waals surface area contributed by atoms with E-state index in [1.165, 1.54) is 5.06 Å². The Balaban J connectivity index is 1.25. The summed E-state index contributed by atoms with van der Waals surface area (Å²) in [5, 5.41) is 23.6. The van der Waals surface area contributed by atoms with Crippen LogP contribution in [0.25, 0.3) is 6.08 Å². The third-order valence-electron chi connectivity index (χ3n) is 7.82. The summed E-state index contributed by atoms with van der Waals surface area (Å²) in [4.78, 5) is 33.2. The number of rotatable bonds is 8. The number of carbonyl (C=O) groups excluding carboxylic acids is 2. The molecule has 6 rings (SSSR count). The van der Waals surface area contributed by atoms with Crippen molar-refractivity contribution in [2.75, 3.05) is 19.9 Å². The molecular weight excluding hydrogens is 492 g/mol. The van der Waals surface area contributed by atoms with Gasteiger partial charge in [-0.1, -0.05) is 54.6 Å². The molecule has 10 nitrogen and oxygen atoms in total. The number of ether oxygens (including phenoxy) is 3. The second-order valence-corrected chi connectivity index (χ2v) is 10.1. The number of carbonyl (C=O) groups is 2. The van der Waals surface area contributed by atoms with Crippen LogP contribution in [0.4, 0.5) is 0 Å². The normalized spacial score (nSPS) is 31.8. The maximum Gasteiger partial charge on any atom is 0.327 e. The van der Waals surface area contributed by atoms with E-state index in [9.17, 15) is 19.8 Å². The Bertz CT molecular complexity index is 1250. The lowest BCUT2D eigenvalue weighted by molar-refractivity contribution is -0.201. The predicted molar refractivity (Wildman–Crippen MR) is 133 cm³/mol. The number of esters is 1. The van der Waals surface area contributed by atoms with Crippen LogP contribution in [0.15, 0.2) is 54.6 Å². The Morgan fingerprint density at radius 2 is 2.00 bits per heavy atom. The van der Waals surface area contributed by atoms with Crippen molar-refractivity contribution in [3.8, 4) is 5.75 Å². The predicted octanol–water partition coefficient (Wildman–Crippen LogP) is 1.30. The molecule has 3 aliphatic heterocycles. The molecule has 38 heavy (non-hydrogen) atoms. The molecule has 6 atom stereocenters. The third kappa shape index (κ3) is 4.18. The number of phenolic OH excluding ortho intramolecular Hbond substituents is 1. The van der Waals surface area contributed by atoms with Crippen molar-refractivity contribution in [3.63, 3.8) is 0 Å². The number of para-hydroxylation sites is 1. The van der Waals surface area contributed by atoms with E-state index in [0.717, 1.165) is 16.7 Å². The van der Waals surface area contributed by atoms with Gasteiger partial charge in [0, 0.05) is 13.0 Å². The summed E-state index contributed by atoms with van der Waals surface area (Å²) in [6.45, 7) is 0.137. The lowest BCUT2D eigenvalue weighted by atomic mass is 9.62. The van der Waals surface area contributed by atoms with Crippen LogP contribution in [0.3, 0.4) is 0 Å². The maximum absolute atomic E-state index is 13.5. The lowest BCUT2D eigenvalue weighted by Gasteiger charge is -2.48. The first-order chi connectivity index (χ1) is 18.5. The van der Waals surface area contributed by atoms with Gasteiger partial charge in [0.2, 0.25) is 5.91 Å². The number of phenols is 1. The van der Waals surface area contributed by atoms with Gasteiger partial charge >= 0.3 is 5.97 Å². The van der Waals surface area contributed by atoms with Crippen LogP contribution in [-0.2, 0) is 41.6 Å². The number of aliphatic hydroxyl groups excluding tert-OH is 1. The molecule has 4 fully saturated rings. The molecule has 4 aliphatic rings. The molecule has 1 saturated carbocycles. The third-order valence-corrected chi connectivity index (χ3v) is 7.82. The standard InChI is InChI=1S/C28H30N2O8/c31-12-11-29-27(34)28-14-21-22-23(36-16-35-22)25(28)38-30(24(28)26(33)37-21)15-18-7-3-5-17(13-18)6-4-9-19-8-1-2-10-20(19)32/h1-8,10,13,21-25,31-32H,9,11-12,14-16H2,(H,29,34)/t21-,22+,23+,24+,25-,28+/m1/s1. The summed E-state index contributed by atoms with van der Waals surface area (Å²) in [6, 6.07) is 14.1. The first-order valence-corrected chi connectivity index (χ1v) is 12.8. The first-order valence-electron chi connectivity index (χ1n) is 12.8. The monoisotopic (exact) mass is 522 g/mol. The highest BCUT2D eigenvalue weighted by atomic mass is 16.8. The molecule has 3 saturated heterocycles. The van der Waals surface area contributed by atoms with Gasteiger partial charge in [-0.05, 0) is 29.2 Å². The molecule has 0 radical (unpaired) electrons. The van der Waals surface area contributed by atoms with Crippen molar-refractivity contribution in [2.45, 2.75) is 49.8 Å². The molecule has 3 N–H and O–H groups in total. The SMILES string of the molecule is O=C1O[C@@H]2C[C@@]3(C(=O)NCCO)[C@H](ON(Cc4cccc(C=CCc5ccccc5O)c4)[C@@H]13)[C@H]1OCO[C@H]12. The van der Waals surface area contributed by atoms with Crippen molar-refractivity contribution < 1.29 is 38.9 Å². The molecule has 1 aliphatic carbocycles. The summed E-state index contributed by atoms with van der Waals surface area (Å²) in [5.41, 5.74) is 1.45. The number of nitrogens with zero attached hydrogens (tertiary/aromatic N) is 1. The average Bonchev–Trinajstić information content (AvgIpc) is 3.53. The summed E-state index contributed by atoms with van der Waals surface area (Å²) in [5.74, 6) is -0.632. The summed E-state index contributed by atoms with van der Waals surface area (Å²) >= 11 is 0. The molecule has 10 heteroatoms. The molecule has 3 heterocycles. The van der Waals surface area contributed by atoms with Gasteiger partial charge in [-0.25, -0.2) is 0 Å². The van der Waals surface area contributed by atoms with Crippen LogP contribution in [0.5, 0.6) is 5.75 Å². The highest BCUT2D eigenvalue weighted by Gasteiger charge is 2.74. The number of hydrogen-bond acceptors (Lipinski definition) is 9. The zero-order valence-electron chi connectivity index (χ0n) is 20.7. The minimum atomic E-state index is -1.22. The van der Waals surface area contributed by atoms with E-state index < -0.39 is 41.8 Å². The second kappa shape index (κ2) is 10.1. The Labute approximate surface area is 219 Å². The second-order valence-electron chi connectivity index (χ2n) is 10.1. The summed E-state index contributed by atoms with van der Waals surface area (Å²) in [6.07, 6.45) is 2.39. The topological polar surface area (TPSA) is 127 Å². The van der Waals surface area contributed by atoms with Gasteiger partial charge in [0.15, 0.2) is 6.04 Å². The van der Waals surface area contributed by atoms with E-state index in [0.29, 0.717) is 6.42 Å². The summed E-state index contributed by atoms with van der Waals surface area (Å²) < 4.78 is 17.3. The number of fused-ring (bicyclic) bond motifs is 4. The number of benzene rings is 2.